The van der Waals surface area contributed by atoms with Crippen LogP contribution in [0, 0.1) is 10.8 Å². The van der Waals surface area contributed by atoms with E-state index in [2.05, 4.69) is 55.4 Å². The molecule has 0 saturated carbocycles. The van der Waals surface area contributed by atoms with E-state index in [-0.39, 0.29) is 74.3 Å². The van der Waals surface area contributed by atoms with E-state index in [9.17, 15) is 0 Å². The Hall–Kier alpha value is 0. The van der Waals surface area contributed by atoms with E-state index in [0.717, 1.165) is 0 Å². The van der Waals surface area contributed by atoms with Crippen molar-refractivity contribution in [1.29, 1.82) is 0 Å². The van der Waals surface area contributed by atoms with Crippen molar-refractivity contribution >= 4 is 0 Å². The minimum Gasteiger partial charge on any atom is -0.0776 e. The average Bonchev–Trinajstić information content (AvgIpc) is 2.24. The third kappa shape index (κ3) is 0. The van der Waals surface area contributed by atoms with Crippen LogP contribution in [0.4, 0.5) is 0 Å². The molecule has 0 unspecified atom stereocenters. The summed E-state index contributed by atoms with van der Waals surface area (Å²) < 4.78 is 0. The quantitative estimate of drug-likeness (QED) is 0.362. The molecule has 0 aliphatic rings. The first-order valence-electron chi connectivity index (χ1n) is 8.00. The second kappa shape index (κ2) is 127. The Labute approximate surface area is 196 Å². The van der Waals surface area contributed by atoms with Gasteiger partial charge in [-0.15, -0.1) is 0 Å². The normalized spacial score (nSPS) is 5.14. The second-order valence-electron chi connectivity index (χ2n) is 6.00. The lowest BCUT2D eigenvalue weighted by Gasteiger charge is -2.05. The first-order valence-corrected chi connectivity index (χ1v) is 8.00. The van der Waals surface area contributed by atoms with Gasteiger partial charge in [0.05, 0.1) is 0 Å². The zero-order valence-electron chi connectivity index (χ0n) is 17.0. The molecule has 0 aromatic carbocycles. The van der Waals surface area contributed by atoms with Crippen molar-refractivity contribution in [3.63, 3.8) is 0 Å². The van der Waals surface area contributed by atoms with Gasteiger partial charge in [0.1, 0.15) is 0 Å². The molecule has 0 fully saturated rings. The highest BCUT2D eigenvalue weighted by Crippen LogP contribution is 2.08. The Balaban J connectivity index is -0.00000000430. The van der Waals surface area contributed by atoms with Gasteiger partial charge in [0.15, 0.2) is 0 Å². The van der Waals surface area contributed by atoms with Crippen molar-refractivity contribution in [2.24, 2.45) is 10.8 Å². The lowest BCUT2D eigenvalue weighted by atomic mass is 10.0. The second-order valence-corrected chi connectivity index (χ2v) is 6.00. The average molecular weight is 425 g/mol. The predicted molar refractivity (Wildman–Crippen MR) is 163 cm³/mol. The van der Waals surface area contributed by atoms with Crippen molar-refractivity contribution in [2.45, 2.75) is 185 Å². The predicted octanol–water partition coefficient (Wildman–Crippen LogP) is 14.6. The molecule has 0 saturated heterocycles. The molecule has 0 amide bonds. The van der Waals surface area contributed by atoms with Gasteiger partial charge in [-0.2, -0.15) is 0 Å². The third-order valence-corrected chi connectivity index (χ3v) is 0. The van der Waals surface area contributed by atoms with Crippen molar-refractivity contribution in [2.75, 3.05) is 0 Å². The molecule has 0 atom stereocenters. The molecule has 0 aliphatic heterocycles. The molecule has 0 N–H and O–H groups in total. The molecule has 200 valence electrons. The van der Waals surface area contributed by atoms with E-state index in [4.69, 9.17) is 0 Å². The Bertz CT molecular complexity index is 43.0. The summed E-state index contributed by atoms with van der Waals surface area (Å²) >= 11 is 0. The highest BCUT2D eigenvalue weighted by molar-refractivity contribution is 4.47. The molecule has 28 heavy (non-hydrogen) atoms. The largest absolute Gasteiger partial charge is 0.0776 e. The lowest BCUT2D eigenvalue weighted by molar-refractivity contribution is 0.469. The molecular formula is C28H88. The van der Waals surface area contributed by atoms with E-state index < -0.39 is 0 Å². The minimum absolute atomic E-state index is 0. The minimum atomic E-state index is 0. The van der Waals surface area contributed by atoms with Gasteiger partial charge >= 0.3 is 0 Å². The smallest absolute Gasteiger partial charge is 0.0411 e. The summed E-state index contributed by atoms with van der Waals surface area (Å²) in [5.74, 6) is 0. The third-order valence-electron chi connectivity index (χ3n) is 0. The Morgan fingerprint density at radius 3 is 0.214 bits per heavy atom. The number of hydrogen-bond donors (Lipinski definition) is 0. The van der Waals surface area contributed by atoms with Crippen LogP contribution in [0.5, 0.6) is 0 Å². The molecule has 0 radical (unpaired) electrons. The van der Waals surface area contributed by atoms with E-state index >= 15 is 0 Å². The van der Waals surface area contributed by atoms with Crippen LogP contribution in [-0.2, 0) is 0 Å². The van der Waals surface area contributed by atoms with E-state index in [1.807, 2.05) is 55.4 Å². The first kappa shape index (κ1) is 142. The molecule has 0 aromatic rings. The van der Waals surface area contributed by atoms with E-state index in [0.29, 0.717) is 10.8 Å². The molecule has 0 spiro atoms. The van der Waals surface area contributed by atoms with Gasteiger partial charge in [0, 0.05) is 0 Å². The fourth-order valence-corrected chi connectivity index (χ4v) is 0. The summed E-state index contributed by atoms with van der Waals surface area (Å²) in [5, 5.41) is 0. The maximum absolute atomic E-state index is 2.19. The SMILES string of the molecule is C.C.C.C.C.C.C.C.C.C.CC.CC.CC.CC.CC(C)(C)C.CC(C)(C)C. The molecule has 0 aromatic heterocycles. The van der Waals surface area contributed by atoms with Gasteiger partial charge in [0.2, 0.25) is 0 Å². The molecule has 0 rings (SSSR count). The van der Waals surface area contributed by atoms with Crippen LogP contribution in [0.3, 0.4) is 0 Å². The van der Waals surface area contributed by atoms with Crippen LogP contribution in [-0.4, -0.2) is 0 Å². The van der Waals surface area contributed by atoms with Gasteiger partial charge in [-0.25, -0.2) is 0 Å². The van der Waals surface area contributed by atoms with E-state index in [1.54, 1.807) is 0 Å². The Kier molecular flexibility index (Phi) is 642. The summed E-state index contributed by atoms with van der Waals surface area (Å²) in [6.07, 6.45) is 0. The molecular weight excluding hydrogens is 336 g/mol. The summed E-state index contributed by atoms with van der Waals surface area (Å²) in [5.41, 5.74) is 1.00. The van der Waals surface area contributed by atoms with Crippen LogP contribution in [0.25, 0.3) is 0 Å². The van der Waals surface area contributed by atoms with Crippen LogP contribution >= 0.6 is 0 Å². The van der Waals surface area contributed by atoms with Crippen LogP contribution in [0.1, 0.15) is 185 Å². The van der Waals surface area contributed by atoms with Crippen LogP contribution < -0.4 is 0 Å². The van der Waals surface area contributed by atoms with E-state index in [1.165, 1.54) is 0 Å². The zero-order chi connectivity index (χ0) is 17.0. The maximum Gasteiger partial charge on any atom is -0.0411 e. The van der Waals surface area contributed by atoms with Crippen molar-refractivity contribution in [3.8, 4) is 0 Å². The summed E-state index contributed by atoms with van der Waals surface area (Å²) in [7, 11) is 0. The van der Waals surface area contributed by atoms with Crippen LogP contribution in [0.2, 0.25) is 0 Å². The highest BCUT2D eigenvalue weighted by Gasteiger charge is 1.96. The number of hydrogen-bond acceptors (Lipinski definition) is 0. The Morgan fingerprint density at radius 1 is 0.214 bits per heavy atom. The molecule has 0 bridgehead atoms. The van der Waals surface area contributed by atoms with Crippen molar-refractivity contribution < 1.29 is 0 Å². The summed E-state index contributed by atoms with van der Waals surface area (Å²) in [6.45, 7) is 33.5. The van der Waals surface area contributed by atoms with Crippen LogP contribution in [0.15, 0.2) is 0 Å². The van der Waals surface area contributed by atoms with Crippen molar-refractivity contribution in [3.05, 3.63) is 0 Å². The topological polar surface area (TPSA) is 0 Å². The van der Waals surface area contributed by atoms with Gasteiger partial charge < -0.3 is 0 Å². The Morgan fingerprint density at radius 2 is 0.214 bits per heavy atom. The van der Waals surface area contributed by atoms with Crippen molar-refractivity contribution in [1.82, 2.24) is 0 Å². The fraction of sp³-hybridized carbons (Fsp3) is 1.00. The standard InChI is InChI=1S/2C5H12.4C2H6.10CH4/c2*1-5(2,3)4;4*1-2;;;;;;;;;;/h2*1-4H3;4*1-2H3;10*1H4. The lowest BCUT2D eigenvalue weighted by Crippen LogP contribution is -1.93. The molecule has 0 nitrogen and oxygen atoms in total. The monoisotopic (exact) mass is 425 g/mol. The zero-order valence-corrected chi connectivity index (χ0v) is 17.0. The van der Waals surface area contributed by atoms with Gasteiger partial charge in [0.25, 0.3) is 0 Å². The number of rotatable bonds is 0. The molecule has 0 heteroatoms. The maximum atomic E-state index is 2.19. The molecule has 0 heterocycles. The first-order chi connectivity index (χ1) is 8.00. The molecule has 0 aliphatic carbocycles. The fourth-order valence-electron chi connectivity index (χ4n) is 0. The summed E-state index contributed by atoms with van der Waals surface area (Å²) in [4.78, 5) is 0. The van der Waals surface area contributed by atoms with Gasteiger partial charge in [-0.05, 0) is 10.8 Å². The van der Waals surface area contributed by atoms with Gasteiger partial charge in [-0.3, -0.25) is 0 Å². The van der Waals surface area contributed by atoms with Gasteiger partial charge in [-0.1, -0.05) is 185 Å². The highest BCUT2D eigenvalue weighted by atomic mass is 14.0. The summed E-state index contributed by atoms with van der Waals surface area (Å²) in [6, 6.07) is 0.